The molecule has 2 fully saturated rings. The quantitative estimate of drug-likeness (QED) is 0.659. The van der Waals surface area contributed by atoms with Crippen molar-refractivity contribution in [3.63, 3.8) is 0 Å². The van der Waals surface area contributed by atoms with E-state index in [1.807, 2.05) is 20.8 Å². The minimum atomic E-state index is -0.448. The number of hydrogen-bond donors (Lipinski definition) is 0. The minimum absolute atomic E-state index is 0.0681. The molecule has 4 heteroatoms. The topological polar surface area (TPSA) is 46.6 Å². The average Bonchev–Trinajstić information content (AvgIpc) is 2.60. The number of carbonyl (C=O) groups excluding carboxylic acids is 2. The van der Waals surface area contributed by atoms with E-state index in [1.165, 1.54) is 0 Å². The molecule has 17 heavy (non-hydrogen) atoms. The standard InChI is InChI=1S/C13H21NO3/c1-12(2,3)17-11(16)14-7-6-13(9-14)5-4-10(13)8-15/h8,10H,4-7,9H2,1-3H3. The highest BCUT2D eigenvalue weighted by Gasteiger charge is 2.51. The second-order valence-corrected chi connectivity index (χ2v) is 6.30. The molecule has 0 aromatic heterocycles. The van der Waals surface area contributed by atoms with Gasteiger partial charge in [0.1, 0.15) is 11.9 Å². The van der Waals surface area contributed by atoms with Crippen molar-refractivity contribution >= 4 is 12.4 Å². The zero-order chi connectivity index (χ0) is 12.7. The van der Waals surface area contributed by atoms with Crippen molar-refractivity contribution in [1.29, 1.82) is 0 Å². The van der Waals surface area contributed by atoms with E-state index in [9.17, 15) is 9.59 Å². The molecule has 2 unspecified atom stereocenters. The SMILES string of the molecule is CC(C)(C)OC(=O)N1CCC2(CCC2C=O)C1. The van der Waals surface area contributed by atoms with Gasteiger partial charge >= 0.3 is 6.09 Å². The predicted octanol–water partition coefficient (Wildman–Crippen LogP) is 2.22. The van der Waals surface area contributed by atoms with Gasteiger partial charge in [0, 0.05) is 19.0 Å². The van der Waals surface area contributed by atoms with Gasteiger partial charge in [-0.1, -0.05) is 0 Å². The summed E-state index contributed by atoms with van der Waals surface area (Å²) < 4.78 is 5.35. The lowest BCUT2D eigenvalue weighted by Crippen LogP contribution is -2.45. The fraction of sp³-hybridized carbons (Fsp3) is 0.846. The van der Waals surface area contributed by atoms with Crippen molar-refractivity contribution in [3.8, 4) is 0 Å². The van der Waals surface area contributed by atoms with Crippen molar-refractivity contribution in [1.82, 2.24) is 4.90 Å². The first-order valence-electron chi connectivity index (χ1n) is 6.30. The Morgan fingerprint density at radius 2 is 2.12 bits per heavy atom. The highest BCUT2D eigenvalue weighted by Crippen LogP contribution is 2.51. The summed E-state index contributed by atoms with van der Waals surface area (Å²) in [4.78, 5) is 24.6. The van der Waals surface area contributed by atoms with E-state index in [-0.39, 0.29) is 17.4 Å². The summed E-state index contributed by atoms with van der Waals surface area (Å²) in [6.07, 6.45) is 3.80. The smallest absolute Gasteiger partial charge is 0.410 e. The van der Waals surface area contributed by atoms with Crippen LogP contribution in [-0.4, -0.2) is 36.0 Å². The van der Waals surface area contributed by atoms with Crippen LogP contribution in [0.2, 0.25) is 0 Å². The lowest BCUT2D eigenvalue weighted by Gasteiger charge is -2.44. The van der Waals surface area contributed by atoms with Gasteiger partial charge in [-0.3, -0.25) is 0 Å². The van der Waals surface area contributed by atoms with Gasteiger partial charge in [0.05, 0.1) is 0 Å². The molecule has 0 N–H and O–H groups in total. The number of hydrogen-bond acceptors (Lipinski definition) is 3. The van der Waals surface area contributed by atoms with Crippen LogP contribution in [0.15, 0.2) is 0 Å². The monoisotopic (exact) mass is 239 g/mol. The zero-order valence-corrected chi connectivity index (χ0v) is 10.9. The summed E-state index contributed by atoms with van der Waals surface area (Å²) in [5.74, 6) is 0.148. The molecule has 1 aliphatic carbocycles. The summed E-state index contributed by atoms with van der Waals surface area (Å²) >= 11 is 0. The Balaban J connectivity index is 1.94. The number of carbonyl (C=O) groups is 2. The molecule has 0 bridgehead atoms. The maximum atomic E-state index is 11.9. The van der Waals surface area contributed by atoms with Crippen LogP contribution < -0.4 is 0 Å². The van der Waals surface area contributed by atoms with Crippen LogP contribution in [0, 0.1) is 11.3 Å². The molecule has 1 saturated heterocycles. The lowest BCUT2D eigenvalue weighted by molar-refractivity contribution is -0.120. The van der Waals surface area contributed by atoms with Crippen LogP contribution >= 0.6 is 0 Å². The number of rotatable bonds is 1. The molecule has 0 aromatic rings. The molecule has 2 rings (SSSR count). The van der Waals surface area contributed by atoms with Gasteiger partial charge in [0.25, 0.3) is 0 Å². The Bertz CT molecular complexity index is 334. The Morgan fingerprint density at radius 3 is 2.59 bits per heavy atom. The van der Waals surface area contributed by atoms with Gasteiger partial charge in [-0.2, -0.15) is 0 Å². The number of ether oxygens (including phenoxy) is 1. The van der Waals surface area contributed by atoms with Crippen LogP contribution in [0.25, 0.3) is 0 Å². The number of nitrogens with zero attached hydrogens (tertiary/aromatic N) is 1. The maximum Gasteiger partial charge on any atom is 0.410 e. The van der Waals surface area contributed by atoms with Gasteiger partial charge in [0.2, 0.25) is 0 Å². The van der Waals surface area contributed by atoms with Gasteiger partial charge in [-0.05, 0) is 45.4 Å². The highest BCUT2D eigenvalue weighted by molar-refractivity contribution is 5.69. The number of likely N-dealkylation sites (tertiary alicyclic amines) is 1. The largest absolute Gasteiger partial charge is 0.444 e. The van der Waals surface area contributed by atoms with Crippen LogP contribution in [0.3, 0.4) is 0 Å². The van der Waals surface area contributed by atoms with Crippen molar-refractivity contribution in [3.05, 3.63) is 0 Å². The van der Waals surface area contributed by atoms with E-state index in [4.69, 9.17) is 4.74 Å². The van der Waals surface area contributed by atoms with Crippen LogP contribution in [0.1, 0.15) is 40.0 Å². The van der Waals surface area contributed by atoms with Gasteiger partial charge in [-0.15, -0.1) is 0 Å². The molecule has 0 radical (unpaired) electrons. The fourth-order valence-electron chi connectivity index (χ4n) is 2.82. The summed E-state index contributed by atoms with van der Waals surface area (Å²) in [6.45, 7) is 7.02. The second-order valence-electron chi connectivity index (χ2n) is 6.30. The highest BCUT2D eigenvalue weighted by atomic mass is 16.6. The van der Waals surface area contributed by atoms with E-state index < -0.39 is 5.60 Å². The Hall–Kier alpha value is -1.06. The lowest BCUT2D eigenvalue weighted by atomic mass is 9.60. The third-order valence-corrected chi connectivity index (χ3v) is 3.94. The second kappa shape index (κ2) is 4.00. The van der Waals surface area contributed by atoms with E-state index in [1.54, 1.807) is 4.90 Å². The first-order valence-corrected chi connectivity index (χ1v) is 6.30. The van der Waals surface area contributed by atoms with Crippen molar-refractivity contribution in [2.75, 3.05) is 13.1 Å². The maximum absolute atomic E-state index is 11.9. The molecular formula is C13H21NO3. The average molecular weight is 239 g/mol. The molecule has 96 valence electrons. The molecule has 1 heterocycles. The third kappa shape index (κ3) is 2.31. The molecule has 2 atom stereocenters. The molecule has 1 amide bonds. The van der Waals surface area contributed by atoms with Crippen LogP contribution in [0.4, 0.5) is 4.79 Å². The van der Waals surface area contributed by atoms with E-state index in [2.05, 4.69) is 0 Å². The molecule has 1 spiro atoms. The Morgan fingerprint density at radius 1 is 1.41 bits per heavy atom. The summed E-state index contributed by atoms with van der Waals surface area (Å²) in [5, 5.41) is 0. The molecule has 4 nitrogen and oxygen atoms in total. The van der Waals surface area contributed by atoms with E-state index in [0.29, 0.717) is 6.54 Å². The van der Waals surface area contributed by atoms with Gasteiger partial charge in [-0.25, -0.2) is 4.79 Å². The third-order valence-electron chi connectivity index (χ3n) is 3.94. The molecule has 1 aliphatic heterocycles. The zero-order valence-electron chi connectivity index (χ0n) is 10.9. The van der Waals surface area contributed by atoms with Gasteiger partial charge < -0.3 is 14.4 Å². The summed E-state index contributed by atoms with van der Waals surface area (Å²) in [7, 11) is 0. The van der Waals surface area contributed by atoms with Gasteiger partial charge in [0.15, 0.2) is 0 Å². The number of aldehydes is 1. The summed E-state index contributed by atoms with van der Waals surface area (Å²) in [5.41, 5.74) is -0.380. The molecule has 2 aliphatic rings. The molecule has 0 aromatic carbocycles. The first-order chi connectivity index (χ1) is 7.86. The van der Waals surface area contributed by atoms with Crippen molar-refractivity contribution < 1.29 is 14.3 Å². The van der Waals surface area contributed by atoms with Crippen molar-refractivity contribution in [2.24, 2.45) is 11.3 Å². The minimum Gasteiger partial charge on any atom is -0.444 e. The van der Waals surface area contributed by atoms with Crippen LogP contribution in [-0.2, 0) is 9.53 Å². The van der Waals surface area contributed by atoms with E-state index >= 15 is 0 Å². The number of amides is 1. The normalized spacial score (nSPS) is 32.4. The molecular weight excluding hydrogens is 218 g/mol. The Kier molecular flexibility index (Phi) is 2.92. The summed E-state index contributed by atoms with van der Waals surface area (Å²) in [6, 6.07) is 0. The predicted molar refractivity (Wildman–Crippen MR) is 63.6 cm³/mol. The van der Waals surface area contributed by atoms with Crippen molar-refractivity contribution in [2.45, 2.75) is 45.6 Å². The fourth-order valence-corrected chi connectivity index (χ4v) is 2.82. The Labute approximate surface area is 102 Å². The van der Waals surface area contributed by atoms with Crippen LogP contribution in [0.5, 0.6) is 0 Å². The molecule has 1 saturated carbocycles. The van der Waals surface area contributed by atoms with E-state index in [0.717, 1.165) is 32.1 Å². The first kappa shape index (κ1) is 12.4.